The molecule has 2 aliphatic heterocycles. The molecule has 2 aromatic rings. The summed E-state index contributed by atoms with van der Waals surface area (Å²) in [6, 6.07) is 11.2. The largest absolute Gasteiger partial charge is 0.480 e. The van der Waals surface area contributed by atoms with E-state index < -0.39 is 29.9 Å². The Morgan fingerprint density at radius 2 is 2.06 bits per heavy atom. The SMILES string of the molecule is CCOC(=O)[C@@H](Cc1ccccc1)N1C(=O)/C(=C/N2N=C(c3cccs3)C[C@H]2C(=O)O)SC1=S. The summed E-state index contributed by atoms with van der Waals surface area (Å²) < 4.78 is 5.44. The van der Waals surface area contributed by atoms with E-state index in [0.717, 1.165) is 22.2 Å². The molecule has 0 bridgehead atoms. The van der Waals surface area contributed by atoms with E-state index in [1.165, 1.54) is 27.4 Å². The van der Waals surface area contributed by atoms with Crippen LogP contribution in [0.15, 0.2) is 64.1 Å². The second kappa shape index (κ2) is 10.5. The summed E-state index contributed by atoms with van der Waals surface area (Å²) in [6.45, 7) is 1.87. The fourth-order valence-electron chi connectivity index (χ4n) is 3.65. The summed E-state index contributed by atoms with van der Waals surface area (Å²) in [5.74, 6) is -2.07. The molecule has 34 heavy (non-hydrogen) atoms. The van der Waals surface area contributed by atoms with Gasteiger partial charge in [0, 0.05) is 19.0 Å². The summed E-state index contributed by atoms with van der Waals surface area (Å²) in [5, 5.41) is 17.3. The molecule has 1 saturated heterocycles. The molecule has 1 N–H and O–H groups in total. The van der Waals surface area contributed by atoms with E-state index in [1.54, 1.807) is 6.92 Å². The molecule has 3 heterocycles. The molecule has 0 spiro atoms. The quantitative estimate of drug-likeness (QED) is 0.324. The van der Waals surface area contributed by atoms with Gasteiger partial charge in [-0.2, -0.15) is 5.10 Å². The molecule has 8 nitrogen and oxygen atoms in total. The summed E-state index contributed by atoms with van der Waals surface area (Å²) in [5.41, 5.74) is 1.50. The predicted molar refractivity (Wildman–Crippen MR) is 134 cm³/mol. The van der Waals surface area contributed by atoms with Gasteiger partial charge < -0.3 is 9.84 Å². The zero-order valence-corrected chi connectivity index (χ0v) is 20.6. The van der Waals surface area contributed by atoms with Gasteiger partial charge in [0.1, 0.15) is 10.4 Å². The van der Waals surface area contributed by atoms with Gasteiger partial charge in [-0.05, 0) is 23.9 Å². The Bertz CT molecular complexity index is 1160. The zero-order valence-electron chi connectivity index (χ0n) is 18.1. The maximum absolute atomic E-state index is 13.4. The van der Waals surface area contributed by atoms with Crippen molar-refractivity contribution in [2.24, 2.45) is 5.10 Å². The molecule has 176 valence electrons. The monoisotopic (exact) mass is 515 g/mol. The number of carbonyl (C=O) groups is 3. The van der Waals surface area contributed by atoms with Crippen molar-refractivity contribution in [3.63, 3.8) is 0 Å². The first-order chi connectivity index (χ1) is 16.4. The number of hydrogen-bond donors (Lipinski definition) is 1. The summed E-state index contributed by atoms with van der Waals surface area (Å²) in [6.07, 6.45) is 1.86. The Labute approximate surface area is 209 Å². The average Bonchev–Trinajstić information content (AvgIpc) is 3.54. The fourth-order valence-corrected chi connectivity index (χ4v) is 5.70. The number of thiocarbonyl (C=S) groups is 1. The molecular formula is C23H21N3O5S3. The van der Waals surface area contributed by atoms with E-state index in [1.807, 2.05) is 47.8 Å². The van der Waals surface area contributed by atoms with Crippen LogP contribution in [0.5, 0.6) is 0 Å². The van der Waals surface area contributed by atoms with Crippen molar-refractivity contribution < 1.29 is 24.2 Å². The molecule has 0 saturated carbocycles. The van der Waals surface area contributed by atoms with Crippen molar-refractivity contribution in [1.29, 1.82) is 0 Å². The standard InChI is InChI=1S/C23H21N3O5S3/c1-2-31-22(30)17(11-14-7-4-3-5-8-14)26-20(27)19(34-23(26)32)13-25-16(21(28)29)12-15(24-25)18-9-6-10-33-18/h3-10,13,16-17H,2,11-12H2,1H3,(H,28,29)/b19-13-/t16-,17+/m0/s1. The Kier molecular flexibility index (Phi) is 7.44. The van der Waals surface area contributed by atoms with Crippen molar-refractivity contribution in [1.82, 2.24) is 9.91 Å². The number of ether oxygens (including phenoxy) is 1. The fraction of sp³-hybridized carbons (Fsp3) is 0.261. The first kappa shape index (κ1) is 24.1. The minimum absolute atomic E-state index is 0.170. The number of thioether (sulfide) groups is 1. The molecule has 4 rings (SSSR count). The second-order valence-corrected chi connectivity index (χ2v) is 10.1. The van der Waals surface area contributed by atoms with E-state index in [0.29, 0.717) is 5.71 Å². The van der Waals surface area contributed by atoms with Gasteiger partial charge in [0.05, 0.1) is 22.1 Å². The second-order valence-electron chi connectivity index (χ2n) is 7.46. The highest BCUT2D eigenvalue weighted by atomic mass is 32.2. The molecule has 0 radical (unpaired) electrons. The average molecular weight is 516 g/mol. The number of hydrazone groups is 1. The number of carbonyl (C=O) groups excluding carboxylic acids is 2. The van der Waals surface area contributed by atoms with Gasteiger partial charge in [-0.1, -0.05) is 60.4 Å². The van der Waals surface area contributed by atoms with Gasteiger partial charge in [-0.15, -0.1) is 11.3 Å². The van der Waals surface area contributed by atoms with E-state index in [4.69, 9.17) is 17.0 Å². The smallest absolute Gasteiger partial charge is 0.329 e. The van der Waals surface area contributed by atoms with Gasteiger partial charge in [0.2, 0.25) is 0 Å². The molecule has 1 fully saturated rings. The van der Waals surface area contributed by atoms with Crippen molar-refractivity contribution in [2.45, 2.75) is 31.8 Å². The third kappa shape index (κ3) is 5.06. The van der Waals surface area contributed by atoms with Crippen LogP contribution in [0.4, 0.5) is 0 Å². The van der Waals surface area contributed by atoms with Crippen LogP contribution >= 0.6 is 35.3 Å². The Morgan fingerprint density at radius 1 is 1.29 bits per heavy atom. The van der Waals surface area contributed by atoms with Crippen LogP contribution in [0.1, 0.15) is 23.8 Å². The van der Waals surface area contributed by atoms with Crippen LogP contribution in [0.2, 0.25) is 0 Å². The topological polar surface area (TPSA) is 99.5 Å². The summed E-state index contributed by atoms with van der Waals surface area (Å²) >= 11 is 7.94. The number of esters is 1. The molecule has 1 aromatic carbocycles. The number of nitrogens with zero attached hydrogens (tertiary/aromatic N) is 3. The number of aliphatic carboxylic acids is 1. The third-order valence-corrected chi connectivity index (χ3v) is 7.48. The van der Waals surface area contributed by atoms with Crippen molar-refractivity contribution >= 4 is 63.2 Å². The van der Waals surface area contributed by atoms with Gasteiger partial charge in [-0.3, -0.25) is 14.7 Å². The Morgan fingerprint density at radius 3 is 2.71 bits per heavy atom. The first-order valence-corrected chi connectivity index (χ1v) is 12.6. The lowest BCUT2D eigenvalue weighted by Gasteiger charge is -2.25. The number of amides is 1. The number of rotatable bonds is 8. The van der Waals surface area contributed by atoms with Gasteiger partial charge >= 0.3 is 11.9 Å². The van der Waals surface area contributed by atoms with Crippen LogP contribution in [-0.2, 0) is 25.5 Å². The number of hydrogen-bond acceptors (Lipinski definition) is 9. The summed E-state index contributed by atoms with van der Waals surface area (Å²) in [7, 11) is 0. The Hall–Kier alpha value is -3.02. The van der Waals surface area contributed by atoms with E-state index in [-0.39, 0.29) is 28.7 Å². The Balaban J connectivity index is 1.62. The highest BCUT2D eigenvalue weighted by molar-refractivity contribution is 8.26. The maximum atomic E-state index is 13.4. The molecular weight excluding hydrogens is 494 g/mol. The van der Waals surface area contributed by atoms with Gasteiger partial charge in [0.25, 0.3) is 5.91 Å². The lowest BCUT2D eigenvalue weighted by molar-refractivity contribution is -0.150. The van der Waals surface area contributed by atoms with Crippen LogP contribution in [-0.4, -0.2) is 61.6 Å². The predicted octanol–water partition coefficient (Wildman–Crippen LogP) is 3.49. The lowest BCUT2D eigenvalue weighted by Crippen LogP contribution is -2.46. The van der Waals surface area contributed by atoms with Crippen LogP contribution in [0.25, 0.3) is 0 Å². The van der Waals surface area contributed by atoms with Crippen molar-refractivity contribution in [2.75, 3.05) is 6.61 Å². The van der Waals surface area contributed by atoms with E-state index in [2.05, 4.69) is 5.10 Å². The van der Waals surface area contributed by atoms with Crippen LogP contribution in [0.3, 0.4) is 0 Å². The molecule has 11 heteroatoms. The normalized spacial score (nSPS) is 20.1. The number of thiophene rings is 1. The molecule has 1 aromatic heterocycles. The number of carboxylic acid groups (broad SMARTS) is 1. The molecule has 2 aliphatic rings. The highest BCUT2D eigenvalue weighted by Crippen LogP contribution is 2.35. The third-order valence-electron chi connectivity index (χ3n) is 5.25. The zero-order chi connectivity index (χ0) is 24.2. The molecule has 0 aliphatic carbocycles. The maximum Gasteiger partial charge on any atom is 0.329 e. The lowest BCUT2D eigenvalue weighted by atomic mass is 10.0. The van der Waals surface area contributed by atoms with Gasteiger partial charge in [-0.25, -0.2) is 9.59 Å². The van der Waals surface area contributed by atoms with Crippen molar-refractivity contribution in [3.05, 3.63) is 69.4 Å². The molecule has 2 atom stereocenters. The van der Waals surface area contributed by atoms with Crippen LogP contribution in [0, 0.1) is 0 Å². The van der Waals surface area contributed by atoms with Crippen LogP contribution < -0.4 is 0 Å². The number of carboxylic acids is 1. The highest BCUT2D eigenvalue weighted by Gasteiger charge is 2.42. The van der Waals surface area contributed by atoms with E-state index in [9.17, 15) is 19.5 Å². The first-order valence-electron chi connectivity index (χ1n) is 10.5. The van der Waals surface area contributed by atoms with Crippen molar-refractivity contribution in [3.8, 4) is 0 Å². The van der Waals surface area contributed by atoms with E-state index >= 15 is 0 Å². The van der Waals surface area contributed by atoms with Gasteiger partial charge in [0.15, 0.2) is 6.04 Å². The minimum atomic E-state index is -1.05. The summed E-state index contributed by atoms with van der Waals surface area (Å²) in [4.78, 5) is 40.3. The molecule has 0 unspecified atom stereocenters. The number of benzene rings is 1. The molecule has 1 amide bonds. The minimum Gasteiger partial charge on any atom is -0.480 e.